The number of carbonyl (C=O) groups is 2. The molecule has 1 unspecified atom stereocenters. The molecule has 0 aliphatic carbocycles. The number of aryl methyl sites for hydroxylation is 1. The normalized spacial score (nSPS) is 17.2. The van der Waals surface area contributed by atoms with Crippen LogP contribution in [0.15, 0.2) is 48.5 Å². The van der Waals surface area contributed by atoms with Crippen molar-refractivity contribution in [3.63, 3.8) is 0 Å². The molecule has 126 valence electrons. The zero-order valence-electron chi connectivity index (χ0n) is 13.8. The summed E-state index contributed by atoms with van der Waals surface area (Å²) in [6.45, 7) is 2.31. The van der Waals surface area contributed by atoms with Gasteiger partial charge in [0.25, 0.3) is 0 Å². The van der Waals surface area contributed by atoms with Crippen molar-refractivity contribution in [1.82, 2.24) is 10.2 Å². The van der Waals surface area contributed by atoms with Gasteiger partial charge in [-0.05, 0) is 36.8 Å². The fourth-order valence-corrected chi connectivity index (χ4v) is 3.21. The fraction of sp³-hybridized carbons (Fsp3) is 0.211. The number of nitrogens with one attached hydrogen (secondary N) is 2. The Morgan fingerprint density at radius 1 is 1.24 bits per heavy atom. The number of carbonyl (C=O) groups excluding carboxylic acids is 2. The molecule has 2 N–H and O–H groups in total. The van der Waals surface area contributed by atoms with Crippen LogP contribution in [0.25, 0.3) is 10.9 Å². The van der Waals surface area contributed by atoms with Gasteiger partial charge in [0.15, 0.2) is 5.82 Å². The molecular formula is C19H18N4O2. The van der Waals surface area contributed by atoms with E-state index in [1.165, 1.54) is 0 Å². The molecule has 1 fully saturated rings. The average molecular weight is 334 g/mol. The summed E-state index contributed by atoms with van der Waals surface area (Å²) in [5.41, 5.74) is 2.70. The quantitative estimate of drug-likeness (QED) is 0.773. The molecule has 3 aromatic rings. The van der Waals surface area contributed by atoms with E-state index in [-0.39, 0.29) is 24.2 Å². The smallest absolute Gasteiger partial charge is 0.229 e. The first-order chi connectivity index (χ1) is 12.1. The van der Waals surface area contributed by atoms with E-state index in [0.29, 0.717) is 12.4 Å². The topological polar surface area (TPSA) is 78.1 Å². The van der Waals surface area contributed by atoms with E-state index in [9.17, 15) is 9.59 Å². The lowest BCUT2D eigenvalue weighted by molar-refractivity contribution is -0.122. The summed E-state index contributed by atoms with van der Waals surface area (Å²) in [6, 6.07) is 15.3. The molecular weight excluding hydrogens is 316 g/mol. The van der Waals surface area contributed by atoms with Crippen LogP contribution in [0.4, 0.5) is 11.5 Å². The zero-order valence-corrected chi connectivity index (χ0v) is 13.8. The number of nitrogens with zero attached hydrogens (tertiary/aromatic N) is 2. The van der Waals surface area contributed by atoms with Crippen molar-refractivity contribution in [3.8, 4) is 0 Å². The van der Waals surface area contributed by atoms with Gasteiger partial charge in [0.05, 0.1) is 11.4 Å². The molecule has 0 radical (unpaired) electrons. The van der Waals surface area contributed by atoms with E-state index in [1.54, 1.807) is 4.90 Å². The standard InChI is InChI=1S/C19H18N4O2/c1-12-5-4-6-14(9-12)20-19(25)13-10-17(24)23(11-13)18-15-7-2-3-8-16(15)21-22-18/h2-9,13H,10-11H2,1H3,(H,20,25)(H,21,22). The lowest BCUT2D eigenvalue weighted by Crippen LogP contribution is -2.28. The Morgan fingerprint density at radius 2 is 2.08 bits per heavy atom. The molecule has 0 saturated carbocycles. The number of hydrogen-bond donors (Lipinski definition) is 2. The highest BCUT2D eigenvalue weighted by Gasteiger charge is 2.36. The Bertz CT molecular complexity index is 963. The van der Waals surface area contributed by atoms with Crippen molar-refractivity contribution in [2.24, 2.45) is 5.92 Å². The maximum Gasteiger partial charge on any atom is 0.229 e. The number of anilines is 2. The molecule has 6 nitrogen and oxygen atoms in total. The molecule has 2 heterocycles. The third kappa shape index (κ3) is 2.87. The van der Waals surface area contributed by atoms with Crippen LogP contribution >= 0.6 is 0 Å². The highest BCUT2D eigenvalue weighted by atomic mass is 16.2. The summed E-state index contributed by atoms with van der Waals surface area (Å²) >= 11 is 0. The van der Waals surface area contributed by atoms with Gasteiger partial charge in [0.2, 0.25) is 11.8 Å². The number of para-hydroxylation sites is 1. The van der Waals surface area contributed by atoms with Gasteiger partial charge in [-0.25, -0.2) is 0 Å². The molecule has 1 aliphatic rings. The SMILES string of the molecule is Cc1cccc(NC(=O)C2CC(=O)N(c3n[nH]c4ccccc34)C2)c1. The first-order valence-electron chi connectivity index (χ1n) is 8.23. The van der Waals surface area contributed by atoms with Crippen molar-refractivity contribution in [3.05, 3.63) is 54.1 Å². The lowest BCUT2D eigenvalue weighted by atomic mass is 10.1. The van der Waals surface area contributed by atoms with Crippen molar-refractivity contribution < 1.29 is 9.59 Å². The third-order valence-electron chi connectivity index (χ3n) is 4.49. The van der Waals surface area contributed by atoms with Crippen LogP contribution in [0.1, 0.15) is 12.0 Å². The first kappa shape index (κ1) is 15.4. The van der Waals surface area contributed by atoms with Crippen molar-refractivity contribution >= 4 is 34.2 Å². The Morgan fingerprint density at radius 3 is 2.92 bits per heavy atom. The van der Waals surface area contributed by atoms with Crippen LogP contribution in [-0.2, 0) is 9.59 Å². The molecule has 1 aliphatic heterocycles. The molecule has 1 aromatic heterocycles. The molecule has 0 spiro atoms. The van der Waals surface area contributed by atoms with Crippen LogP contribution in [0, 0.1) is 12.8 Å². The average Bonchev–Trinajstić information content (AvgIpc) is 3.18. The largest absolute Gasteiger partial charge is 0.326 e. The van der Waals surface area contributed by atoms with E-state index in [1.807, 2.05) is 55.5 Å². The van der Waals surface area contributed by atoms with E-state index in [2.05, 4.69) is 15.5 Å². The molecule has 2 aromatic carbocycles. The van der Waals surface area contributed by atoms with Crippen LogP contribution < -0.4 is 10.2 Å². The predicted octanol–water partition coefficient (Wildman–Crippen LogP) is 2.86. The van der Waals surface area contributed by atoms with Gasteiger partial charge in [-0.1, -0.05) is 24.3 Å². The minimum Gasteiger partial charge on any atom is -0.326 e. The van der Waals surface area contributed by atoms with Gasteiger partial charge >= 0.3 is 0 Å². The van der Waals surface area contributed by atoms with Gasteiger partial charge in [-0.2, -0.15) is 5.10 Å². The Kier molecular flexibility index (Phi) is 3.72. The van der Waals surface area contributed by atoms with E-state index >= 15 is 0 Å². The summed E-state index contributed by atoms with van der Waals surface area (Å²) in [5, 5.41) is 11.0. The fourth-order valence-electron chi connectivity index (χ4n) is 3.21. The number of benzene rings is 2. The summed E-state index contributed by atoms with van der Waals surface area (Å²) in [4.78, 5) is 26.6. The highest BCUT2D eigenvalue weighted by molar-refractivity contribution is 6.06. The first-order valence-corrected chi connectivity index (χ1v) is 8.23. The van der Waals surface area contributed by atoms with E-state index < -0.39 is 0 Å². The summed E-state index contributed by atoms with van der Waals surface area (Å²) in [5.74, 6) is -0.0159. The van der Waals surface area contributed by atoms with Gasteiger partial charge in [0, 0.05) is 24.0 Å². The second-order valence-corrected chi connectivity index (χ2v) is 6.36. The Labute approximate surface area is 144 Å². The minimum absolute atomic E-state index is 0.0818. The molecule has 0 bridgehead atoms. The molecule has 4 rings (SSSR count). The number of rotatable bonds is 3. The summed E-state index contributed by atoms with van der Waals surface area (Å²) in [7, 11) is 0. The monoisotopic (exact) mass is 334 g/mol. The Hall–Kier alpha value is -3.15. The molecule has 2 amide bonds. The van der Waals surface area contributed by atoms with Gasteiger partial charge in [-0.15, -0.1) is 0 Å². The number of aromatic nitrogens is 2. The van der Waals surface area contributed by atoms with Crippen LogP contribution in [0.2, 0.25) is 0 Å². The van der Waals surface area contributed by atoms with Crippen molar-refractivity contribution in [2.75, 3.05) is 16.8 Å². The predicted molar refractivity (Wildman–Crippen MR) is 96.4 cm³/mol. The van der Waals surface area contributed by atoms with Crippen LogP contribution in [-0.4, -0.2) is 28.6 Å². The van der Waals surface area contributed by atoms with Crippen molar-refractivity contribution in [2.45, 2.75) is 13.3 Å². The second kappa shape index (κ2) is 6.05. The van der Waals surface area contributed by atoms with Gasteiger partial charge < -0.3 is 5.32 Å². The highest BCUT2D eigenvalue weighted by Crippen LogP contribution is 2.30. The van der Waals surface area contributed by atoms with Crippen LogP contribution in [0.5, 0.6) is 0 Å². The Balaban J connectivity index is 1.53. The number of amides is 2. The molecule has 25 heavy (non-hydrogen) atoms. The number of hydrogen-bond acceptors (Lipinski definition) is 3. The van der Waals surface area contributed by atoms with Gasteiger partial charge in [-0.3, -0.25) is 19.6 Å². The lowest BCUT2D eigenvalue weighted by Gasteiger charge is -2.14. The second-order valence-electron chi connectivity index (χ2n) is 6.36. The van der Waals surface area contributed by atoms with Gasteiger partial charge in [0.1, 0.15) is 0 Å². The van der Waals surface area contributed by atoms with Crippen molar-refractivity contribution in [1.29, 1.82) is 0 Å². The van der Waals surface area contributed by atoms with Crippen LogP contribution in [0.3, 0.4) is 0 Å². The maximum atomic E-state index is 12.5. The number of H-pyrrole nitrogens is 1. The number of aromatic amines is 1. The van der Waals surface area contributed by atoms with E-state index in [4.69, 9.17) is 0 Å². The molecule has 1 saturated heterocycles. The zero-order chi connectivity index (χ0) is 17.4. The summed E-state index contributed by atoms with van der Waals surface area (Å²) in [6.07, 6.45) is 0.193. The third-order valence-corrected chi connectivity index (χ3v) is 4.49. The van der Waals surface area contributed by atoms with E-state index in [0.717, 1.165) is 22.2 Å². The molecule has 1 atom stereocenters. The maximum absolute atomic E-state index is 12.5. The summed E-state index contributed by atoms with van der Waals surface area (Å²) < 4.78 is 0. The minimum atomic E-state index is -0.386. The molecule has 6 heteroatoms. The number of fused-ring (bicyclic) bond motifs is 1.